The zero-order valence-corrected chi connectivity index (χ0v) is 13.7. The van der Waals surface area contributed by atoms with Crippen LogP contribution in [0.15, 0.2) is 24.3 Å². The van der Waals surface area contributed by atoms with Gasteiger partial charge in [0.25, 0.3) is 0 Å². The Kier molecular flexibility index (Phi) is 5.92. The van der Waals surface area contributed by atoms with Gasteiger partial charge in [-0.1, -0.05) is 63.3 Å². The average Bonchev–Trinajstić information content (AvgIpc) is 2.45. The van der Waals surface area contributed by atoms with Crippen molar-refractivity contribution in [2.24, 2.45) is 5.41 Å². The number of benzene rings is 1. The van der Waals surface area contributed by atoms with E-state index in [-0.39, 0.29) is 0 Å². The molecule has 1 aromatic rings. The Hall–Kier alpha value is -0.530. The highest BCUT2D eigenvalue weighted by atomic mass is 35.5. The van der Waals surface area contributed by atoms with Crippen molar-refractivity contribution in [1.82, 2.24) is 5.32 Å². The number of hydrogen-bond donors (Lipinski definition) is 1. The number of halogens is 1. The van der Waals surface area contributed by atoms with Gasteiger partial charge in [0.1, 0.15) is 0 Å². The highest BCUT2D eigenvalue weighted by Crippen LogP contribution is 2.35. The predicted molar refractivity (Wildman–Crippen MR) is 88.3 cm³/mol. The molecule has 20 heavy (non-hydrogen) atoms. The van der Waals surface area contributed by atoms with Crippen LogP contribution in [0.5, 0.6) is 0 Å². The lowest BCUT2D eigenvalue weighted by Gasteiger charge is -2.35. The van der Waals surface area contributed by atoms with E-state index in [1.807, 2.05) is 12.1 Å². The van der Waals surface area contributed by atoms with Crippen LogP contribution in [0.1, 0.15) is 70.4 Å². The minimum atomic E-state index is 0.469. The summed E-state index contributed by atoms with van der Waals surface area (Å²) in [5, 5.41) is 4.65. The smallest absolute Gasteiger partial charge is 0.0406 e. The minimum Gasteiger partial charge on any atom is -0.309 e. The third kappa shape index (κ3) is 4.49. The monoisotopic (exact) mass is 293 g/mol. The fourth-order valence-electron chi connectivity index (χ4n) is 3.32. The van der Waals surface area contributed by atoms with E-state index in [0.29, 0.717) is 11.5 Å². The molecule has 1 unspecified atom stereocenters. The molecule has 1 fully saturated rings. The lowest BCUT2D eigenvalue weighted by Crippen LogP contribution is -2.35. The third-order valence-corrected chi connectivity index (χ3v) is 4.94. The van der Waals surface area contributed by atoms with Crippen LogP contribution in [0.3, 0.4) is 0 Å². The van der Waals surface area contributed by atoms with Crippen LogP contribution < -0.4 is 5.32 Å². The summed E-state index contributed by atoms with van der Waals surface area (Å²) in [6.45, 7) is 5.84. The Bertz CT molecular complexity index is 392. The molecule has 0 radical (unpaired) electrons. The van der Waals surface area contributed by atoms with Gasteiger partial charge in [0.2, 0.25) is 0 Å². The maximum absolute atomic E-state index is 5.99. The van der Waals surface area contributed by atoms with Crippen molar-refractivity contribution < 1.29 is 0 Å². The molecule has 2 rings (SSSR count). The molecular formula is C18H28ClN. The first kappa shape index (κ1) is 15.9. The Morgan fingerprint density at radius 2 is 1.80 bits per heavy atom. The van der Waals surface area contributed by atoms with Crippen LogP contribution in [0, 0.1) is 5.41 Å². The highest BCUT2D eigenvalue weighted by Gasteiger charge is 2.27. The fourth-order valence-corrected chi connectivity index (χ4v) is 3.45. The van der Waals surface area contributed by atoms with E-state index in [0.717, 1.165) is 11.6 Å². The van der Waals surface area contributed by atoms with Crippen LogP contribution in [-0.4, -0.2) is 6.54 Å². The topological polar surface area (TPSA) is 12.0 Å². The Morgan fingerprint density at radius 1 is 1.15 bits per heavy atom. The molecule has 0 aliphatic heterocycles. The molecule has 0 bridgehead atoms. The van der Waals surface area contributed by atoms with Crippen molar-refractivity contribution in [2.45, 2.75) is 64.8 Å². The molecule has 1 aliphatic rings. The first-order chi connectivity index (χ1) is 9.63. The zero-order chi connectivity index (χ0) is 14.4. The molecule has 1 aromatic carbocycles. The molecule has 0 amide bonds. The molecular weight excluding hydrogens is 266 g/mol. The van der Waals surface area contributed by atoms with Gasteiger partial charge in [0.05, 0.1) is 0 Å². The first-order valence-corrected chi connectivity index (χ1v) is 8.50. The average molecular weight is 294 g/mol. The fraction of sp³-hybridized carbons (Fsp3) is 0.667. The van der Waals surface area contributed by atoms with Crippen molar-refractivity contribution in [3.05, 3.63) is 34.9 Å². The van der Waals surface area contributed by atoms with E-state index in [1.165, 1.54) is 50.5 Å². The summed E-state index contributed by atoms with van der Waals surface area (Å²) in [6.07, 6.45) is 9.37. The molecule has 112 valence electrons. The van der Waals surface area contributed by atoms with Gasteiger partial charge >= 0.3 is 0 Å². The molecule has 1 N–H and O–H groups in total. The molecule has 1 saturated carbocycles. The SMILES string of the molecule is CCCC(NCC1(C)CCCCC1)c1ccc(Cl)cc1. The van der Waals surface area contributed by atoms with Gasteiger partial charge in [0.15, 0.2) is 0 Å². The molecule has 0 saturated heterocycles. The lowest BCUT2D eigenvalue weighted by atomic mass is 9.75. The second-order valence-electron chi connectivity index (χ2n) is 6.65. The first-order valence-electron chi connectivity index (χ1n) is 8.12. The van der Waals surface area contributed by atoms with Crippen molar-refractivity contribution in [1.29, 1.82) is 0 Å². The second-order valence-corrected chi connectivity index (χ2v) is 7.08. The number of hydrogen-bond acceptors (Lipinski definition) is 1. The molecule has 1 aliphatic carbocycles. The van der Waals surface area contributed by atoms with E-state index in [4.69, 9.17) is 11.6 Å². The van der Waals surface area contributed by atoms with Gasteiger partial charge in [-0.3, -0.25) is 0 Å². The summed E-state index contributed by atoms with van der Waals surface area (Å²) >= 11 is 5.99. The Labute approximate surface area is 129 Å². The van der Waals surface area contributed by atoms with Crippen LogP contribution in [0.2, 0.25) is 5.02 Å². The maximum atomic E-state index is 5.99. The van der Waals surface area contributed by atoms with E-state index in [9.17, 15) is 0 Å². The molecule has 0 spiro atoms. The van der Waals surface area contributed by atoms with Crippen LogP contribution in [0.4, 0.5) is 0 Å². The van der Waals surface area contributed by atoms with Gasteiger partial charge in [-0.15, -0.1) is 0 Å². The standard InChI is InChI=1S/C18H28ClN/c1-3-7-17(15-8-10-16(19)11-9-15)20-14-18(2)12-5-4-6-13-18/h8-11,17,20H,3-7,12-14H2,1-2H3. The van der Waals surface area contributed by atoms with E-state index < -0.39 is 0 Å². The summed E-state index contributed by atoms with van der Waals surface area (Å²) in [6, 6.07) is 8.81. The van der Waals surface area contributed by atoms with E-state index >= 15 is 0 Å². The van der Waals surface area contributed by atoms with Crippen LogP contribution >= 0.6 is 11.6 Å². The Morgan fingerprint density at radius 3 is 2.40 bits per heavy atom. The van der Waals surface area contributed by atoms with Gasteiger partial charge in [0, 0.05) is 17.6 Å². The highest BCUT2D eigenvalue weighted by molar-refractivity contribution is 6.30. The summed E-state index contributed by atoms with van der Waals surface area (Å²) in [5.74, 6) is 0. The van der Waals surface area contributed by atoms with Crippen molar-refractivity contribution in [3.8, 4) is 0 Å². The van der Waals surface area contributed by atoms with Crippen molar-refractivity contribution in [3.63, 3.8) is 0 Å². The van der Waals surface area contributed by atoms with Crippen LogP contribution in [0.25, 0.3) is 0 Å². The van der Waals surface area contributed by atoms with Gasteiger partial charge in [-0.25, -0.2) is 0 Å². The van der Waals surface area contributed by atoms with Gasteiger partial charge in [-0.2, -0.15) is 0 Å². The number of rotatable bonds is 6. The van der Waals surface area contributed by atoms with Gasteiger partial charge in [-0.05, 0) is 42.4 Å². The largest absolute Gasteiger partial charge is 0.309 e. The minimum absolute atomic E-state index is 0.469. The summed E-state index contributed by atoms with van der Waals surface area (Å²) < 4.78 is 0. The number of nitrogens with one attached hydrogen (secondary N) is 1. The lowest BCUT2D eigenvalue weighted by molar-refractivity contribution is 0.198. The summed E-state index contributed by atoms with van der Waals surface area (Å²) in [7, 11) is 0. The van der Waals surface area contributed by atoms with Crippen molar-refractivity contribution >= 4 is 11.6 Å². The normalized spacial score (nSPS) is 19.8. The maximum Gasteiger partial charge on any atom is 0.0406 e. The molecule has 0 heterocycles. The molecule has 1 atom stereocenters. The third-order valence-electron chi connectivity index (χ3n) is 4.69. The van der Waals surface area contributed by atoms with Crippen molar-refractivity contribution in [2.75, 3.05) is 6.54 Å². The molecule has 0 aromatic heterocycles. The second kappa shape index (κ2) is 7.47. The van der Waals surface area contributed by atoms with Crippen LogP contribution in [-0.2, 0) is 0 Å². The Balaban J connectivity index is 1.96. The zero-order valence-electron chi connectivity index (χ0n) is 12.9. The van der Waals surface area contributed by atoms with E-state index in [1.54, 1.807) is 0 Å². The molecule has 2 heteroatoms. The van der Waals surface area contributed by atoms with Gasteiger partial charge < -0.3 is 5.32 Å². The van der Waals surface area contributed by atoms with E-state index in [2.05, 4.69) is 31.3 Å². The molecule has 1 nitrogen and oxygen atoms in total. The summed E-state index contributed by atoms with van der Waals surface area (Å²) in [4.78, 5) is 0. The summed E-state index contributed by atoms with van der Waals surface area (Å²) in [5.41, 5.74) is 1.87. The predicted octanol–water partition coefficient (Wildman–Crippen LogP) is 5.74. The quantitative estimate of drug-likeness (QED) is 0.705.